The second-order valence-electron chi connectivity index (χ2n) is 4.82. The Hall–Kier alpha value is -1.36. The van der Waals surface area contributed by atoms with E-state index in [1.807, 2.05) is 6.92 Å². The third-order valence-electron chi connectivity index (χ3n) is 3.06. The van der Waals surface area contributed by atoms with Crippen molar-refractivity contribution in [2.75, 3.05) is 23.4 Å². The fourth-order valence-electron chi connectivity index (χ4n) is 2.20. The molecule has 0 aromatic carbocycles. The van der Waals surface area contributed by atoms with Gasteiger partial charge in [-0.1, -0.05) is 20.8 Å². The van der Waals surface area contributed by atoms with E-state index in [4.69, 9.17) is 10.8 Å². The van der Waals surface area contributed by atoms with Gasteiger partial charge in [0, 0.05) is 25.1 Å². The Bertz CT molecular complexity index is 386. The zero-order valence-corrected chi connectivity index (χ0v) is 12.7. The van der Waals surface area contributed by atoms with Crippen LogP contribution in [0.3, 0.4) is 0 Å². The van der Waals surface area contributed by atoms with E-state index in [9.17, 15) is 0 Å². The maximum absolute atomic E-state index is 5.57. The van der Waals surface area contributed by atoms with Crippen LogP contribution in [0.25, 0.3) is 0 Å². The molecule has 0 spiro atoms. The van der Waals surface area contributed by atoms with Crippen LogP contribution in [0.15, 0.2) is 0 Å². The van der Waals surface area contributed by atoms with Crippen molar-refractivity contribution < 1.29 is 0 Å². The largest absolute Gasteiger partial charge is 0.356 e. The molecule has 0 saturated heterocycles. The summed E-state index contributed by atoms with van der Waals surface area (Å²) < 4.78 is 0. The van der Waals surface area contributed by atoms with Gasteiger partial charge in [0.15, 0.2) is 0 Å². The molecule has 0 radical (unpaired) electrons. The summed E-state index contributed by atoms with van der Waals surface area (Å²) in [7, 11) is 0. The van der Waals surface area contributed by atoms with Crippen LogP contribution < -0.4 is 16.2 Å². The first-order valence-corrected chi connectivity index (χ1v) is 7.26. The smallest absolute Gasteiger partial charge is 0.148 e. The SMILES string of the molecule is CCCc1nc(NN)c(C)c(N(CCC)CCC)n1. The molecule has 0 aliphatic rings. The van der Waals surface area contributed by atoms with Gasteiger partial charge in [-0.05, 0) is 26.2 Å². The number of hydrazine groups is 1. The molecule has 0 bridgehead atoms. The molecule has 0 unspecified atom stereocenters. The van der Waals surface area contributed by atoms with E-state index in [-0.39, 0.29) is 0 Å². The van der Waals surface area contributed by atoms with Crippen molar-refractivity contribution in [3.05, 3.63) is 11.4 Å². The molecule has 0 saturated carbocycles. The summed E-state index contributed by atoms with van der Waals surface area (Å²) in [6.45, 7) is 10.6. The molecule has 0 atom stereocenters. The lowest BCUT2D eigenvalue weighted by Crippen LogP contribution is -2.28. The van der Waals surface area contributed by atoms with E-state index in [1.165, 1.54) is 0 Å². The van der Waals surface area contributed by atoms with Crippen LogP contribution in [0.4, 0.5) is 11.6 Å². The Balaban J connectivity index is 3.17. The summed E-state index contributed by atoms with van der Waals surface area (Å²) in [6, 6.07) is 0. The number of nitrogen functional groups attached to an aromatic ring is 1. The maximum Gasteiger partial charge on any atom is 0.148 e. The number of nitrogens with two attached hydrogens (primary N) is 1. The van der Waals surface area contributed by atoms with Crippen molar-refractivity contribution in [3.63, 3.8) is 0 Å². The zero-order valence-electron chi connectivity index (χ0n) is 12.7. The second-order valence-corrected chi connectivity index (χ2v) is 4.82. The first-order chi connectivity index (χ1) is 9.17. The average molecular weight is 265 g/mol. The van der Waals surface area contributed by atoms with Crippen molar-refractivity contribution in [2.45, 2.75) is 53.4 Å². The molecule has 5 nitrogen and oxygen atoms in total. The van der Waals surface area contributed by atoms with E-state index >= 15 is 0 Å². The van der Waals surface area contributed by atoms with Crippen molar-refractivity contribution in [2.24, 2.45) is 5.84 Å². The zero-order chi connectivity index (χ0) is 14.3. The Kier molecular flexibility index (Phi) is 6.56. The number of aryl methyl sites for hydroxylation is 1. The molecule has 0 aliphatic carbocycles. The number of aromatic nitrogens is 2. The van der Waals surface area contributed by atoms with Crippen molar-refractivity contribution in [1.82, 2.24) is 9.97 Å². The fourth-order valence-corrected chi connectivity index (χ4v) is 2.20. The van der Waals surface area contributed by atoms with Gasteiger partial charge in [0.05, 0.1) is 0 Å². The molecule has 0 amide bonds. The predicted octanol–water partition coefficient (Wildman–Crippen LogP) is 2.65. The molecular weight excluding hydrogens is 238 g/mol. The Morgan fingerprint density at radius 1 is 1.05 bits per heavy atom. The molecule has 3 N–H and O–H groups in total. The summed E-state index contributed by atoms with van der Waals surface area (Å²) in [4.78, 5) is 11.5. The number of nitrogens with one attached hydrogen (secondary N) is 1. The lowest BCUT2D eigenvalue weighted by atomic mass is 10.2. The molecule has 0 fully saturated rings. The first kappa shape index (κ1) is 15.7. The van der Waals surface area contributed by atoms with Gasteiger partial charge in [-0.25, -0.2) is 15.8 Å². The first-order valence-electron chi connectivity index (χ1n) is 7.26. The average Bonchev–Trinajstić information content (AvgIpc) is 2.40. The molecule has 0 aliphatic heterocycles. The van der Waals surface area contributed by atoms with Crippen LogP contribution >= 0.6 is 0 Å². The lowest BCUT2D eigenvalue weighted by Gasteiger charge is -2.25. The highest BCUT2D eigenvalue weighted by molar-refractivity contribution is 5.58. The summed E-state index contributed by atoms with van der Waals surface area (Å²) in [5.74, 6) is 8.21. The minimum absolute atomic E-state index is 0.741. The summed E-state index contributed by atoms with van der Waals surface area (Å²) >= 11 is 0. The lowest BCUT2D eigenvalue weighted by molar-refractivity contribution is 0.720. The van der Waals surface area contributed by atoms with Crippen molar-refractivity contribution >= 4 is 11.6 Å². The fraction of sp³-hybridized carbons (Fsp3) is 0.714. The number of rotatable bonds is 8. The van der Waals surface area contributed by atoms with Gasteiger partial charge in [-0.15, -0.1) is 0 Å². The van der Waals surface area contributed by atoms with Crippen LogP contribution in [0.2, 0.25) is 0 Å². The third-order valence-corrected chi connectivity index (χ3v) is 3.06. The van der Waals surface area contributed by atoms with Gasteiger partial charge in [0.2, 0.25) is 0 Å². The van der Waals surface area contributed by atoms with E-state index in [0.29, 0.717) is 0 Å². The molecular formula is C14H27N5. The Morgan fingerprint density at radius 3 is 2.16 bits per heavy atom. The monoisotopic (exact) mass is 265 g/mol. The quantitative estimate of drug-likeness (QED) is 0.559. The van der Waals surface area contributed by atoms with Gasteiger partial charge in [0.1, 0.15) is 17.5 Å². The number of anilines is 2. The highest BCUT2D eigenvalue weighted by Gasteiger charge is 2.15. The molecule has 1 aromatic rings. The second kappa shape index (κ2) is 7.94. The number of nitrogens with zero attached hydrogens (tertiary/aromatic N) is 3. The van der Waals surface area contributed by atoms with Crippen LogP contribution in [0.5, 0.6) is 0 Å². The summed E-state index contributed by atoms with van der Waals surface area (Å²) in [5, 5.41) is 0. The Labute approximate surface area is 116 Å². The molecule has 108 valence electrons. The standard InChI is InChI=1S/C14H27N5/c1-5-8-12-16-13(18-15)11(4)14(17-12)19(9-6-2)10-7-3/h5-10,15H2,1-4H3,(H,16,17,18). The minimum Gasteiger partial charge on any atom is -0.356 e. The van der Waals surface area contributed by atoms with Crippen molar-refractivity contribution in [3.8, 4) is 0 Å². The number of hydrogen-bond donors (Lipinski definition) is 2. The van der Waals surface area contributed by atoms with E-state index in [1.54, 1.807) is 0 Å². The van der Waals surface area contributed by atoms with Crippen LogP contribution in [-0.2, 0) is 6.42 Å². The normalized spacial score (nSPS) is 10.6. The summed E-state index contributed by atoms with van der Waals surface area (Å²) in [5.41, 5.74) is 3.73. The molecule has 19 heavy (non-hydrogen) atoms. The van der Waals surface area contributed by atoms with Crippen LogP contribution in [0, 0.1) is 6.92 Å². The Morgan fingerprint density at radius 2 is 1.68 bits per heavy atom. The minimum atomic E-state index is 0.741. The maximum atomic E-state index is 5.57. The van der Waals surface area contributed by atoms with Gasteiger partial charge < -0.3 is 10.3 Å². The number of hydrogen-bond acceptors (Lipinski definition) is 5. The molecule has 1 rings (SSSR count). The van der Waals surface area contributed by atoms with Gasteiger partial charge in [0.25, 0.3) is 0 Å². The highest BCUT2D eigenvalue weighted by atomic mass is 15.3. The van der Waals surface area contributed by atoms with Gasteiger partial charge in [-0.2, -0.15) is 0 Å². The van der Waals surface area contributed by atoms with E-state index < -0.39 is 0 Å². The topological polar surface area (TPSA) is 67.1 Å². The molecule has 1 aromatic heterocycles. The molecule has 5 heteroatoms. The van der Waals surface area contributed by atoms with Crippen LogP contribution in [0.1, 0.15) is 51.4 Å². The molecule has 1 heterocycles. The highest BCUT2D eigenvalue weighted by Crippen LogP contribution is 2.24. The van der Waals surface area contributed by atoms with Gasteiger partial charge >= 0.3 is 0 Å². The summed E-state index contributed by atoms with van der Waals surface area (Å²) in [6.07, 6.45) is 4.14. The third kappa shape index (κ3) is 4.06. The van der Waals surface area contributed by atoms with E-state index in [0.717, 1.165) is 61.8 Å². The van der Waals surface area contributed by atoms with E-state index in [2.05, 4.69) is 36.1 Å². The van der Waals surface area contributed by atoms with Gasteiger partial charge in [-0.3, -0.25) is 0 Å². The van der Waals surface area contributed by atoms with Crippen LogP contribution in [-0.4, -0.2) is 23.1 Å². The predicted molar refractivity (Wildman–Crippen MR) is 81.4 cm³/mol. The van der Waals surface area contributed by atoms with Crippen molar-refractivity contribution in [1.29, 1.82) is 0 Å².